The van der Waals surface area contributed by atoms with Crippen molar-refractivity contribution in [1.82, 2.24) is 9.62 Å². The zero-order valence-electron chi connectivity index (χ0n) is 13.9. The maximum atomic E-state index is 12.7. The average Bonchev–Trinajstić information content (AvgIpc) is 3.22. The lowest BCUT2D eigenvalue weighted by Crippen LogP contribution is -2.52. The predicted molar refractivity (Wildman–Crippen MR) is 97.2 cm³/mol. The molecule has 1 aromatic heterocycles. The van der Waals surface area contributed by atoms with Crippen molar-refractivity contribution in [3.05, 3.63) is 53.4 Å². The number of rotatable bonds is 6. The first kappa shape index (κ1) is 19.0. The van der Waals surface area contributed by atoms with Gasteiger partial charge in [-0.05, 0) is 17.0 Å². The summed E-state index contributed by atoms with van der Waals surface area (Å²) in [6.45, 7) is 0.0412. The van der Waals surface area contributed by atoms with E-state index in [1.807, 2.05) is 30.3 Å². The third kappa shape index (κ3) is 4.13. The Morgan fingerprint density at radius 1 is 1.27 bits per heavy atom. The molecule has 0 spiro atoms. The first-order valence-electron chi connectivity index (χ1n) is 8.13. The van der Waals surface area contributed by atoms with E-state index < -0.39 is 22.2 Å². The molecule has 0 saturated carbocycles. The molecule has 7 nitrogen and oxygen atoms in total. The summed E-state index contributed by atoms with van der Waals surface area (Å²) in [4.78, 5) is 14.3. The monoisotopic (exact) mass is 396 g/mol. The highest BCUT2D eigenvalue weighted by Gasteiger charge is 2.36. The molecule has 2 N–H and O–H groups in total. The first-order valence-corrected chi connectivity index (χ1v) is 10.5. The Morgan fingerprint density at radius 3 is 2.69 bits per heavy atom. The van der Waals surface area contributed by atoms with E-state index in [0.717, 1.165) is 16.9 Å². The van der Waals surface area contributed by atoms with Gasteiger partial charge in [-0.15, -0.1) is 11.3 Å². The number of nitrogens with one attached hydrogen (secondary N) is 1. The molecule has 0 aliphatic carbocycles. The molecule has 1 fully saturated rings. The van der Waals surface area contributed by atoms with E-state index >= 15 is 0 Å². The summed E-state index contributed by atoms with van der Waals surface area (Å²) in [6, 6.07) is 11.9. The van der Waals surface area contributed by atoms with Gasteiger partial charge in [0.25, 0.3) is 10.0 Å². The van der Waals surface area contributed by atoms with E-state index in [1.165, 1.54) is 6.07 Å². The summed E-state index contributed by atoms with van der Waals surface area (Å²) in [7, 11) is -3.71. The zero-order valence-corrected chi connectivity index (χ0v) is 15.6. The maximum absolute atomic E-state index is 12.7. The molecule has 3 rings (SSSR count). The second-order valence-electron chi connectivity index (χ2n) is 5.79. The molecule has 1 aromatic carbocycles. The second kappa shape index (κ2) is 8.28. The molecule has 140 valence electrons. The minimum absolute atomic E-state index is 0.167. The summed E-state index contributed by atoms with van der Waals surface area (Å²) >= 11 is 1.09. The van der Waals surface area contributed by atoms with Crippen LogP contribution in [0.15, 0.2) is 52.1 Å². The topological polar surface area (TPSA) is 95.9 Å². The normalized spacial score (nSPS) is 20.9. The summed E-state index contributed by atoms with van der Waals surface area (Å²) in [6.07, 6.45) is -0.552. The van der Waals surface area contributed by atoms with Crippen LogP contribution in [0.2, 0.25) is 0 Å². The number of benzene rings is 1. The minimum atomic E-state index is -3.71. The van der Waals surface area contributed by atoms with Gasteiger partial charge in [-0.25, -0.2) is 13.1 Å². The van der Waals surface area contributed by atoms with Gasteiger partial charge < -0.3 is 14.7 Å². The fourth-order valence-corrected chi connectivity index (χ4v) is 4.97. The number of carbonyl (C=O) groups is 1. The van der Waals surface area contributed by atoms with Crippen LogP contribution in [-0.4, -0.2) is 56.7 Å². The molecule has 9 heteroatoms. The number of aliphatic hydroxyl groups is 1. The standard InChI is InChI=1S/C17H20N2O5S2/c20-12-14-17(13-5-2-1-3-6-13)19(8-9-24-14)15(21)11-18-26(22,23)16-7-4-10-25-16/h1-7,10,14,17-18,20H,8-9,11-12H2/t14-,17-/m0/s1. The number of sulfonamides is 1. The lowest BCUT2D eigenvalue weighted by molar-refractivity contribution is -0.148. The smallest absolute Gasteiger partial charge is 0.250 e. The fourth-order valence-electron chi connectivity index (χ4n) is 2.96. The zero-order chi connectivity index (χ0) is 18.6. The quantitative estimate of drug-likeness (QED) is 0.759. The van der Waals surface area contributed by atoms with Crippen molar-refractivity contribution in [2.24, 2.45) is 0 Å². The predicted octanol–water partition coefficient (Wildman–Crippen LogP) is 0.987. The first-order chi connectivity index (χ1) is 12.5. The highest BCUT2D eigenvalue weighted by atomic mass is 32.2. The average molecular weight is 396 g/mol. The Morgan fingerprint density at radius 2 is 2.04 bits per heavy atom. The maximum Gasteiger partial charge on any atom is 0.250 e. The van der Waals surface area contributed by atoms with Crippen LogP contribution >= 0.6 is 11.3 Å². The lowest BCUT2D eigenvalue weighted by Gasteiger charge is -2.41. The van der Waals surface area contributed by atoms with Crippen molar-refractivity contribution in [3.8, 4) is 0 Å². The molecule has 0 radical (unpaired) electrons. The van der Waals surface area contributed by atoms with Crippen LogP contribution in [0.5, 0.6) is 0 Å². The van der Waals surface area contributed by atoms with E-state index in [9.17, 15) is 18.3 Å². The summed E-state index contributed by atoms with van der Waals surface area (Å²) in [5.41, 5.74) is 0.834. The van der Waals surface area contributed by atoms with Gasteiger partial charge >= 0.3 is 0 Å². The van der Waals surface area contributed by atoms with E-state index in [0.29, 0.717) is 6.54 Å². The molecular formula is C17H20N2O5S2. The van der Waals surface area contributed by atoms with Crippen molar-refractivity contribution in [3.63, 3.8) is 0 Å². The van der Waals surface area contributed by atoms with E-state index in [2.05, 4.69) is 4.72 Å². The molecule has 1 aliphatic heterocycles. The van der Waals surface area contributed by atoms with Crippen LogP contribution in [0.4, 0.5) is 0 Å². The van der Waals surface area contributed by atoms with Gasteiger partial charge in [-0.1, -0.05) is 36.4 Å². The minimum Gasteiger partial charge on any atom is -0.394 e. The third-order valence-electron chi connectivity index (χ3n) is 4.17. The summed E-state index contributed by atoms with van der Waals surface area (Å²) in [5, 5.41) is 11.3. The van der Waals surface area contributed by atoms with Crippen LogP contribution in [-0.2, 0) is 19.6 Å². The Balaban J connectivity index is 1.76. The number of hydrogen-bond acceptors (Lipinski definition) is 6. The van der Waals surface area contributed by atoms with E-state index in [1.54, 1.807) is 16.3 Å². The Kier molecular flexibility index (Phi) is 6.05. The number of thiophene rings is 1. The molecule has 26 heavy (non-hydrogen) atoms. The van der Waals surface area contributed by atoms with Gasteiger partial charge in [0.15, 0.2) is 0 Å². The highest BCUT2D eigenvalue weighted by Crippen LogP contribution is 2.29. The number of amides is 1. The lowest BCUT2D eigenvalue weighted by atomic mass is 9.98. The molecule has 2 heterocycles. The molecule has 1 aliphatic rings. The number of carbonyl (C=O) groups excluding carboxylic acids is 1. The molecular weight excluding hydrogens is 376 g/mol. The van der Waals surface area contributed by atoms with Crippen LogP contribution in [0.25, 0.3) is 0 Å². The van der Waals surface area contributed by atoms with Crippen molar-refractivity contribution in [2.75, 3.05) is 26.3 Å². The van der Waals surface area contributed by atoms with Crippen molar-refractivity contribution in [2.45, 2.75) is 16.4 Å². The van der Waals surface area contributed by atoms with Crippen molar-refractivity contribution >= 4 is 27.3 Å². The molecule has 0 unspecified atom stereocenters. The molecule has 1 saturated heterocycles. The van der Waals surface area contributed by atoms with E-state index in [-0.39, 0.29) is 29.9 Å². The number of morpholine rings is 1. The Labute approximate surface area is 156 Å². The SMILES string of the molecule is O=C(CNS(=O)(=O)c1cccs1)N1CCO[C@@H](CO)[C@@H]1c1ccccc1. The van der Waals surface area contributed by atoms with Crippen molar-refractivity contribution in [1.29, 1.82) is 0 Å². The van der Waals surface area contributed by atoms with Crippen LogP contribution < -0.4 is 4.72 Å². The van der Waals surface area contributed by atoms with Crippen LogP contribution in [0.1, 0.15) is 11.6 Å². The molecule has 1 amide bonds. The Bertz CT molecular complexity index is 824. The highest BCUT2D eigenvalue weighted by molar-refractivity contribution is 7.91. The van der Waals surface area contributed by atoms with Crippen LogP contribution in [0, 0.1) is 0 Å². The van der Waals surface area contributed by atoms with E-state index in [4.69, 9.17) is 4.74 Å². The van der Waals surface area contributed by atoms with Gasteiger partial charge in [0.1, 0.15) is 10.3 Å². The number of nitrogens with zero attached hydrogens (tertiary/aromatic N) is 1. The molecule has 2 aromatic rings. The number of ether oxygens (including phenoxy) is 1. The van der Waals surface area contributed by atoms with Crippen molar-refractivity contribution < 1.29 is 23.1 Å². The van der Waals surface area contributed by atoms with Gasteiger partial charge in [0.2, 0.25) is 5.91 Å². The van der Waals surface area contributed by atoms with Gasteiger partial charge in [-0.3, -0.25) is 4.79 Å². The molecule has 0 bridgehead atoms. The van der Waals surface area contributed by atoms with Crippen LogP contribution in [0.3, 0.4) is 0 Å². The van der Waals surface area contributed by atoms with Gasteiger partial charge in [0, 0.05) is 6.54 Å². The van der Waals surface area contributed by atoms with Gasteiger partial charge in [-0.2, -0.15) is 0 Å². The third-order valence-corrected chi connectivity index (χ3v) is 6.97. The fraction of sp³-hybridized carbons (Fsp3) is 0.353. The largest absolute Gasteiger partial charge is 0.394 e. The van der Waals surface area contributed by atoms with Gasteiger partial charge in [0.05, 0.1) is 25.8 Å². The second-order valence-corrected chi connectivity index (χ2v) is 8.73. The summed E-state index contributed by atoms with van der Waals surface area (Å²) in [5.74, 6) is -0.360. The molecule has 2 atom stereocenters. The Hall–Kier alpha value is -1.78. The number of aliphatic hydroxyl groups excluding tert-OH is 1. The number of hydrogen-bond donors (Lipinski definition) is 2. The summed E-state index contributed by atoms with van der Waals surface area (Å²) < 4.78 is 32.5.